The quantitative estimate of drug-likeness (QED) is 0.433. The second-order valence-corrected chi connectivity index (χ2v) is 2.85. The zero-order chi connectivity index (χ0) is 10.6. The van der Waals surface area contributed by atoms with Crippen molar-refractivity contribution in [1.29, 1.82) is 0 Å². The van der Waals surface area contributed by atoms with Gasteiger partial charge in [0.2, 0.25) is 11.6 Å². The summed E-state index contributed by atoms with van der Waals surface area (Å²) < 4.78 is 4.94. The molecule has 0 saturated carbocycles. The molecule has 0 saturated heterocycles. The highest BCUT2D eigenvalue weighted by Gasteiger charge is 2.18. The molecule has 4 heteroatoms. The van der Waals surface area contributed by atoms with Gasteiger partial charge in [-0.05, 0) is 12.1 Å². The summed E-state index contributed by atoms with van der Waals surface area (Å²) in [5.74, 6) is -1.17. The standard InChI is InChI=1S/C10H9ClO3/c1-14-9-5-3-2-4-7(9)10(13)8(12)6-11/h2-5H,6H2,1H3. The van der Waals surface area contributed by atoms with Crippen LogP contribution >= 0.6 is 11.6 Å². The molecule has 0 aromatic heterocycles. The number of ketones is 2. The van der Waals surface area contributed by atoms with Gasteiger partial charge in [0.05, 0.1) is 18.6 Å². The van der Waals surface area contributed by atoms with Gasteiger partial charge >= 0.3 is 0 Å². The molecule has 1 aromatic carbocycles. The van der Waals surface area contributed by atoms with Crippen LogP contribution in [0.15, 0.2) is 24.3 Å². The van der Waals surface area contributed by atoms with Gasteiger partial charge in [-0.3, -0.25) is 9.59 Å². The van der Waals surface area contributed by atoms with E-state index in [2.05, 4.69) is 0 Å². The maximum absolute atomic E-state index is 11.4. The minimum atomic E-state index is -0.629. The van der Waals surface area contributed by atoms with Crippen LogP contribution in [0.1, 0.15) is 10.4 Å². The molecule has 74 valence electrons. The molecule has 0 aliphatic rings. The van der Waals surface area contributed by atoms with Crippen molar-refractivity contribution in [3.8, 4) is 5.75 Å². The molecule has 0 atom stereocenters. The van der Waals surface area contributed by atoms with Crippen molar-refractivity contribution < 1.29 is 14.3 Å². The van der Waals surface area contributed by atoms with Crippen molar-refractivity contribution in [3.63, 3.8) is 0 Å². The molecule has 0 heterocycles. The number of ether oxygens (including phenoxy) is 1. The van der Waals surface area contributed by atoms with E-state index in [4.69, 9.17) is 16.3 Å². The summed E-state index contributed by atoms with van der Waals surface area (Å²) in [7, 11) is 1.44. The maximum Gasteiger partial charge on any atom is 0.233 e. The Bertz CT molecular complexity index is 360. The van der Waals surface area contributed by atoms with E-state index in [-0.39, 0.29) is 11.4 Å². The van der Waals surface area contributed by atoms with Gasteiger partial charge in [-0.15, -0.1) is 11.6 Å². The van der Waals surface area contributed by atoms with E-state index >= 15 is 0 Å². The Labute approximate surface area is 86.6 Å². The molecule has 1 rings (SSSR count). The molecule has 0 N–H and O–H groups in total. The van der Waals surface area contributed by atoms with Gasteiger partial charge < -0.3 is 4.74 Å². The van der Waals surface area contributed by atoms with Crippen molar-refractivity contribution in [2.75, 3.05) is 13.0 Å². The van der Waals surface area contributed by atoms with Crippen molar-refractivity contribution in [2.24, 2.45) is 0 Å². The Kier molecular flexibility index (Phi) is 3.65. The van der Waals surface area contributed by atoms with Crippen LogP contribution in [0.2, 0.25) is 0 Å². The Balaban J connectivity index is 3.06. The van der Waals surface area contributed by atoms with E-state index in [0.717, 1.165) is 0 Å². The molecular formula is C10H9ClO3. The first-order valence-electron chi connectivity index (χ1n) is 3.97. The Hall–Kier alpha value is -1.35. The SMILES string of the molecule is COc1ccccc1C(=O)C(=O)CCl. The molecule has 0 unspecified atom stereocenters. The van der Waals surface area contributed by atoms with Crippen LogP contribution in [0.3, 0.4) is 0 Å². The van der Waals surface area contributed by atoms with Crippen LogP contribution in [0.4, 0.5) is 0 Å². The number of Topliss-reactive ketones (excluding diaryl/α,β-unsaturated/α-hetero) is 2. The Morgan fingerprint density at radius 2 is 2.00 bits per heavy atom. The molecule has 0 bridgehead atoms. The lowest BCUT2D eigenvalue weighted by Gasteiger charge is -2.04. The number of para-hydroxylation sites is 1. The highest BCUT2D eigenvalue weighted by molar-refractivity contribution is 6.51. The predicted octanol–water partition coefficient (Wildman–Crippen LogP) is 1.69. The summed E-state index contributed by atoms with van der Waals surface area (Å²) in [6.45, 7) is 0. The van der Waals surface area contributed by atoms with E-state index in [1.807, 2.05) is 0 Å². The number of carbonyl (C=O) groups is 2. The highest BCUT2D eigenvalue weighted by Crippen LogP contribution is 2.18. The summed E-state index contributed by atoms with van der Waals surface area (Å²) in [6, 6.07) is 6.54. The van der Waals surface area contributed by atoms with Crippen molar-refractivity contribution in [3.05, 3.63) is 29.8 Å². The fourth-order valence-electron chi connectivity index (χ4n) is 1.04. The van der Waals surface area contributed by atoms with Crippen LogP contribution < -0.4 is 4.74 Å². The average molecular weight is 213 g/mol. The van der Waals surface area contributed by atoms with E-state index in [1.54, 1.807) is 18.2 Å². The summed E-state index contributed by atoms with van der Waals surface area (Å²) >= 11 is 5.28. The second kappa shape index (κ2) is 4.77. The summed E-state index contributed by atoms with van der Waals surface area (Å²) in [6.07, 6.45) is 0. The first-order chi connectivity index (χ1) is 6.70. The van der Waals surface area contributed by atoms with E-state index < -0.39 is 11.6 Å². The fraction of sp³-hybridized carbons (Fsp3) is 0.200. The number of halogens is 1. The van der Waals surface area contributed by atoms with Crippen molar-refractivity contribution in [2.45, 2.75) is 0 Å². The average Bonchev–Trinajstić information content (AvgIpc) is 2.26. The van der Waals surface area contributed by atoms with Gasteiger partial charge in [-0.25, -0.2) is 0 Å². The molecule has 0 radical (unpaired) electrons. The molecule has 1 aromatic rings. The van der Waals surface area contributed by atoms with Gasteiger partial charge in [-0.1, -0.05) is 12.1 Å². The first kappa shape index (κ1) is 10.7. The maximum atomic E-state index is 11.4. The minimum absolute atomic E-state index is 0.251. The Morgan fingerprint density at radius 3 is 2.57 bits per heavy atom. The zero-order valence-electron chi connectivity index (χ0n) is 7.62. The van der Waals surface area contributed by atoms with E-state index in [0.29, 0.717) is 5.75 Å². The fourth-order valence-corrected chi connectivity index (χ4v) is 1.16. The topological polar surface area (TPSA) is 43.4 Å². The molecular weight excluding hydrogens is 204 g/mol. The van der Waals surface area contributed by atoms with E-state index in [9.17, 15) is 9.59 Å². The Morgan fingerprint density at radius 1 is 1.36 bits per heavy atom. The third kappa shape index (κ3) is 2.12. The molecule has 14 heavy (non-hydrogen) atoms. The number of hydrogen-bond acceptors (Lipinski definition) is 3. The number of carbonyl (C=O) groups excluding carboxylic acids is 2. The van der Waals surface area contributed by atoms with Gasteiger partial charge in [0.25, 0.3) is 0 Å². The summed E-state index contributed by atoms with van der Waals surface area (Å²) in [4.78, 5) is 22.5. The van der Waals surface area contributed by atoms with E-state index in [1.165, 1.54) is 13.2 Å². The summed E-state index contributed by atoms with van der Waals surface area (Å²) in [5, 5.41) is 0. The normalized spacial score (nSPS) is 9.57. The first-order valence-corrected chi connectivity index (χ1v) is 4.50. The molecule has 0 fully saturated rings. The molecule has 0 amide bonds. The van der Waals surface area contributed by atoms with Crippen LogP contribution in [-0.2, 0) is 4.79 Å². The summed E-state index contributed by atoms with van der Waals surface area (Å²) in [5.41, 5.74) is 0.251. The highest BCUT2D eigenvalue weighted by atomic mass is 35.5. The van der Waals surface area contributed by atoms with Gasteiger partial charge in [0.15, 0.2) is 0 Å². The largest absolute Gasteiger partial charge is 0.496 e. The van der Waals surface area contributed by atoms with Gasteiger partial charge in [-0.2, -0.15) is 0 Å². The number of benzene rings is 1. The van der Waals surface area contributed by atoms with Crippen LogP contribution in [0.5, 0.6) is 5.75 Å². The smallest absolute Gasteiger partial charge is 0.233 e. The minimum Gasteiger partial charge on any atom is -0.496 e. The van der Waals surface area contributed by atoms with Gasteiger partial charge in [0, 0.05) is 0 Å². The molecule has 0 aliphatic heterocycles. The number of hydrogen-bond donors (Lipinski definition) is 0. The molecule has 3 nitrogen and oxygen atoms in total. The lowest BCUT2D eigenvalue weighted by Crippen LogP contribution is -2.16. The lowest BCUT2D eigenvalue weighted by atomic mass is 10.1. The van der Waals surface area contributed by atoms with Crippen LogP contribution in [0.25, 0.3) is 0 Å². The lowest BCUT2D eigenvalue weighted by molar-refractivity contribution is -0.112. The third-order valence-electron chi connectivity index (χ3n) is 1.73. The second-order valence-electron chi connectivity index (χ2n) is 2.59. The van der Waals surface area contributed by atoms with Crippen LogP contribution in [0, 0.1) is 0 Å². The third-order valence-corrected chi connectivity index (χ3v) is 1.97. The number of alkyl halides is 1. The van der Waals surface area contributed by atoms with Crippen molar-refractivity contribution in [1.82, 2.24) is 0 Å². The van der Waals surface area contributed by atoms with Crippen LogP contribution in [-0.4, -0.2) is 24.6 Å². The van der Waals surface area contributed by atoms with Crippen molar-refractivity contribution >= 4 is 23.2 Å². The molecule has 0 aliphatic carbocycles. The molecule has 0 spiro atoms. The number of rotatable bonds is 4. The predicted molar refractivity (Wildman–Crippen MR) is 53.1 cm³/mol. The zero-order valence-corrected chi connectivity index (χ0v) is 8.38. The number of methoxy groups -OCH3 is 1. The monoisotopic (exact) mass is 212 g/mol. The van der Waals surface area contributed by atoms with Gasteiger partial charge in [0.1, 0.15) is 5.75 Å².